The molecule has 29 heavy (non-hydrogen) atoms. The SMILES string of the molecule is C[C@H](CO[Si](c1ccccc1)(c1ccccc1)C(C)(C)C)[C@H](O)c1ccccc1. The summed E-state index contributed by atoms with van der Waals surface area (Å²) in [7, 11) is -2.57. The molecule has 0 saturated carbocycles. The van der Waals surface area contributed by atoms with Gasteiger partial charge in [-0.3, -0.25) is 0 Å². The second-order valence-electron chi connectivity index (χ2n) is 8.81. The number of benzene rings is 3. The van der Waals surface area contributed by atoms with Gasteiger partial charge in [0.05, 0.1) is 6.10 Å². The molecule has 0 bridgehead atoms. The van der Waals surface area contributed by atoms with Crippen LogP contribution >= 0.6 is 0 Å². The Morgan fingerprint density at radius 2 is 1.17 bits per heavy atom. The van der Waals surface area contributed by atoms with Crippen LogP contribution in [-0.4, -0.2) is 20.0 Å². The van der Waals surface area contributed by atoms with Crippen LogP contribution < -0.4 is 10.4 Å². The molecular weight excluding hydrogens is 372 g/mol. The third-order valence-electron chi connectivity index (χ3n) is 5.66. The minimum atomic E-state index is -2.57. The molecule has 0 aromatic heterocycles. The Morgan fingerprint density at radius 3 is 1.59 bits per heavy atom. The Labute approximate surface area is 176 Å². The minimum Gasteiger partial charge on any atom is -0.407 e. The van der Waals surface area contributed by atoms with Gasteiger partial charge in [0, 0.05) is 12.5 Å². The molecule has 0 aliphatic carbocycles. The van der Waals surface area contributed by atoms with Crippen molar-refractivity contribution in [3.8, 4) is 0 Å². The molecule has 0 aliphatic heterocycles. The molecule has 3 heteroatoms. The van der Waals surface area contributed by atoms with E-state index >= 15 is 0 Å². The monoisotopic (exact) mass is 404 g/mol. The lowest BCUT2D eigenvalue weighted by Gasteiger charge is -2.43. The first-order valence-corrected chi connectivity index (χ1v) is 12.2. The van der Waals surface area contributed by atoms with Crippen molar-refractivity contribution in [1.82, 2.24) is 0 Å². The molecule has 0 saturated heterocycles. The molecular formula is C26H32O2Si. The molecule has 0 unspecified atom stereocenters. The van der Waals surface area contributed by atoms with Gasteiger partial charge in [0.25, 0.3) is 8.32 Å². The van der Waals surface area contributed by atoms with Crippen LogP contribution in [-0.2, 0) is 4.43 Å². The Morgan fingerprint density at radius 1 is 0.759 bits per heavy atom. The standard InChI is InChI=1S/C26H32O2Si/c1-21(25(27)22-14-8-5-9-15-22)20-28-29(26(2,3)4,23-16-10-6-11-17-23)24-18-12-7-13-19-24/h5-19,21,25,27H,20H2,1-4H3/t21-,25+/m1/s1. The van der Waals surface area contributed by atoms with Crippen LogP contribution in [0.15, 0.2) is 91.0 Å². The normalized spacial score (nSPS) is 14.4. The second-order valence-corrected chi connectivity index (χ2v) is 13.1. The smallest absolute Gasteiger partial charge is 0.261 e. The summed E-state index contributed by atoms with van der Waals surface area (Å²) in [4.78, 5) is 0. The molecule has 2 atom stereocenters. The Balaban J connectivity index is 1.98. The topological polar surface area (TPSA) is 29.5 Å². The highest BCUT2D eigenvalue weighted by atomic mass is 28.4. The average Bonchev–Trinajstić information content (AvgIpc) is 2.74. The van der Waals surface area contributed by atoms with E-state index in [0.717, 1.165) is 5.56 Å². The zero-order valence-electron chi connectivity index (χ0n) is 17.9. The van der Waals surface area contributed by atoms with Crippen LogP contribution in [0, 0.1) is 5.92 Å². The molecule has 0 spiro atoms. The molecule has 1 N–H and O–H groups in total. The van der Waals surface area contributed by atoms with E-state index in [9.17, 15) is 5.11 Å². The van der Waals surface area contributed by atoms with E-state index in [1.807, 2.05) is 30.3 Å². The summed E-state index contributed by atoms with van der Waals surface area (Å²) in [6.45, 7) is 9.39. The van der Waals surface area contributed by atoms with Gasteiger partial charge < -0.3 is 9.53 Å². The van der Waals surface area contributed by atoms with Crippen LogP contribution in [0.25, 0.3) is 0 Å². The largest absolute Gasteiger partial charge is 0.407 e. The third-order valence-corrected chi connectivity index (χ3v) is 10.7. The second kappa shape index (κ2) is 9.08. The van der Waals surface area contributed by atoms with Gasteiger partial charge in [-0.2, -0.15) is 0 Å². The number of rotatable bonds is 7. The maximum atomic E-state index is 10.9. The fourth-order valence-electron chi connectivity index (χ4n) is 4.09. The molecule has 3 aromatic rings. The Hall–Kier alpha value is -2.20. The van der Waals surface area contributed by atoms with Crippen LogP contribution in [0.2, 0.25) is 5.04 Å². The van der Waals surface area contributed by atoms with Crippen LogP contribution in [0.5, 0.6) is 0 Å². The Kier molecular flexibility index (Phi) is 6.73. The van der Waals surface area contributed by atoms with Crippen LogP contribution in [0.3, 0.4) is 0 Å². The van der Waals surface area contributed by atoms with Crippen molar-refractivity contribution in [2.24, 2.45) is 5.92 Å². The van der Waals surface area contributed by atoms with Gasteiger partial charge in [-0.15, -0.1) is 0 Å². The lowest BCUT2D eigenvalue weighted by molar-refractivity contribution is 0.0814. The van der Waals surface area contributed by atoms with Crippen molar-refractivity contribution in [2.75, 3.05) is 6.61 Å². The van der Waals surface area contributed by atoms with E-state index in [0.29, 0.717) is 6.61 Å². The molecule has 3 rings (SSSR count). The van der Waals surface area contributed by atoms with E-state index in [1.165, 1.54) is 10.4 Å². The number of aliphatic hydroxyl groups is 1. The van der Waals surface area contributed by atoms with E-state index in [4.69, 9.17) is 4.43 Å². The predicted octanol–water partition coefficient (Wildman–Crippen LogP) is 4.93. The highest BCUT2D eigenvalue weighted by molar-refractivity contribution is 6.99. The van der Waals surface area contributed by atoms with Gasteiger partial charge >= 0.3 is 0 Å². The van der Waals surface area contributed by atoms with Crippen molar-refractivity contribution >= 4 is 18.7 Å². The van der Waals surface area contributed by atoms with E-state index in [2.05, 4.69) is 88.4 Å². The molecule has 0 fully saturated rings. The molecule has 2 nitrogen and oxygen atoms in total. The predicted molar refractivity (Wildman–Crippen MR) is 124 cm³/mol. The first-order valence-electron chi connectivity index (χ1n) is 10.3. The summed E-state index contributed by atoms with van der Waals surface area (Å²) in [5, 5.41) is 13.3. The van der Waals surface area contributed by atoms with Crippen molar-refractivity contribution in [3.63, 3.8) is 0 Å². The maximum absolute atomic E-state index is 10.9. The highest BCUT2D eigenvalue weighted by Gasteiger charge is 2.50. The third kappa shape index (κ3) is 4.53. The molecule has 0 aliphatic rings. The van der Waals surface area contributed by atoms with Gasteiger partial charge in [-0.25, -0.2) is 0 Å². The lowest BCUT2D eigenvalue weighted by Crippen LogP contribution is -2.66. The number of aliphatic hydroxyl groups excluding tert-OH is 1. The summed E-state index contributed by atoms with van der Waals surface area (Å²) in [5.74, 6) is -0.0148. The summed E-state index contributed by atoms with van der Waals surface area (Å²) >= 11 is 0. The number of hydrogen-bond donors (Lipinski definition) is 1. The quantitative estimate of drug-likeness (QED) is 0.566. The van der Waals surface area contributed by atoms with Crippen molar-refractivity contribution in [3.05, 3.63) is 96.6 Å². The number of hydrogen-bond acceptors (Lipinski definition) is 2. The first-order chi connectivity index (χ1) is 13.9. The summed E-state index contributed by atoms with van der Waals surface area (Å²) in [6.07, 6.45) is -0.547. The fourth-order valence-corrected chi connectivity index (χ4v) is 8.76. The molecule has 3 aromatic carbocycles. The first kappa shape index (κ1) is 21.5. The van der Waals surface area contributed by atoms with Gasteiger partial charge in [-0.1, -0.05) is 119 Å². The summed E-state index contributed by atoms with van der Waals surface area (Å²) in [6, 6.07) is 31.1. The zero-order chi connectivity index (χ0) is 20.9. The minimum absolute atomic E-state index is 0.0148. The average molecular weight is 405 g/mol. The van der Waals surface area contributed by atoms with Gasteiger partial charge in [0.1, 0.15) is 0 Å². The lowest BCUT2D eigenvalue weighted by atomic mass is 9.98. The van der Waals surface area contributed by atoms with Crippen LogP contribution in [0.1, 0.15) is 39.4 Å². The van der Waals surface area contributed by atoms with Crippen molar-refractivity contribution < 1.29 is 9.53 Å². The van der Waals surface area contributed by atoms with E-state index in [1.54, 1.807) is 0 Å². The van der Waals surface area contributed by atoms with E-state index < -0.39 is 14.4 Å². The molecule has 0 heterocycles. The van der Waals surface area contributed by atoms with Crippen molar-refractivity contribution in [1.29, 1.82) is 0 Å². The Bertz CT molecular complexity index is 833. The maximum Gasteiger partial charge on any atom is 0.261 e. The molecule has 0 amide bonds. The van der Waals surface area contributed by atoms with Gasteiger partial charge in [0.2, 0.25) is 0 Å². The summed E-state index contributed by atoms with van der Waals surface area (Å²) in [5.41, 5.74) is 0.936. The van der Waals surface area contributed by atoms with Gasteiger partial charge in [-0.05, 0) is 21.0 Å². The van der Waals surface area contributed by atoms with E-state index in [-0.39, 0.29) is 11.0 Å². The highest BCUT2D eigenvalue weighted by Crippen LogP contribution is 2.37. The van der Waals surface area contributed by atoms with Crippen molar-refractivity contribution in [2.45, 2.75) is 38.8 Å². The molecule has 0 radical (unpaired) electrons. The zero-order valence-corrected chi connectivity index (χ0v) is 18.9. The van der Waals surface area contributed by atoms with Gasteiger partial charge in [0.15, 0.2) is 0 Å². The summed E-state index contributed by atoms with van der Waals surface area (Å²) < 4.78 is 6.95. The fraction of sp³-hybridized carbons (Fsp3) is 0.308. The molecule has 152 valence electrons. The van der Waals surface area contributed by atoms with Crippen LogP contribution in [0.4, 0.5) is 0 Å².